The highest BCUT2D eigenvalue weighted by Gasteiger charge is 2.30. The van der Waals surface area contributed by atoms with Crippen LogP contribution in [0.1, 0.15) is 26.2 Å². The summed E-state index contributed by atoms with van der Waals surface area (Å²) in [6.07, 6.45) is 3.59. The van der Waals surface area contributed by atoms with Crippen molar-refractivity contribution in [2.75, 3.05) is 17.2 Å². The summed E-state index contributed by atoms with van der Waals surface area (Å²) >= 11 is 5.89. The summed E-state index contributed by atoms with van der Waals surface area (Å²) in [6.45, 7) is 3.17. The van der Waals surface area contributed by atoms with Crippen LogP contribution in [-0.4, -0.2) is 17.6 Å². The van der Waals surface area contributed by atoms with E-state index in [0.29, 0.717) is 11.2 Å². The molecule has 1 heterocycles. The fourth-order valence-electron chi connectivity index (χ4n) is 1.75. The summed E-state index contributed by atoms with van der Waals surface area (Å²) in [5.41, 5.74) is 6.65. The normalized spacial score (nSPS) is 15.3. The zero-order valence-corrected chi connectivity index (χ0v) is 9.67. The summed E-state index contributed by atoms with van der Waals surface area (Å²) in [5, 5.41) is 0.515. The largest absolute Gasteiger partial charge is 0.396 e. The van der Waals surface area contributed by atoms with E-state index in [0.717, 1.165) is 24.5 Å². The zero-order valence-electron chi connectivity index (χ0n) is 8.91. The summed E-state index contributed by atoms with van der Waals surface area (Å²) in [4.78, 5) is 6.60. The molecule has 0 amide bonds. The van der Waals surface area contributed by atoms with E-state index in [1.807, 2.05) is 6.07 Å². The van der Waals surface area contributed by atoms with Crippen LogP contribution in [0.4, 0.5) is 11.5 Å². The van der Waals surface area contributed by atoms with Gasteiger partial charge in [-0.05, 0) is 31.4 Å². The minimum Gasteiger partial charge on any atom is -0.396 e. The van der Waals surface area contributed by atoms with E-state index in [-0.39, 0.29) is 0 Å². The number of hydrogen-bond donors (Lipinski definition) is 1. The van der Waals surface area contributed by atoms with Crippen molar-refractivity contribution in [2.24, 2.45) is 0 Å². The number of halogens is 1. The van der Waals surface area contributed by atoms with Crippen LogP contribution in [0.3, 0.4) is 0 Å². The molecule has 1 aliphatic rings. The molecule has 2 N–H and O–H groups in total. The Labute approximate surface area is 95.2 Å². The van der Waals surface area contributed by atoms with Crippen LogP contribution in [0.25, 0.3) is 0 Å². The highest BCUT2D eigenvalue weighted by Crippen LogP contribution is 2.34. The topological polar surface area (TPSA) is 42.2 Å². The van der Waals surface area contributed by atoms with Crippen molar-refractivity contribution in [3.8, 4) is 0 Å². The highest BCUT2D eigenvalue weighted by atomic mass is 35.5. The number of nitrogen functional groups attached to an aromatic ring is 1. The Morgan fingerprint density at radius 3 is 2.87 bits per heavy atom. The van der Waals surface area contributed by atoms with Crippen molar-refractivity contribution in [1.29, 1.82) is 0 Å². The summed E-state index contributed by atoms with van der Waals surface area (Å²) < 4.78 is 0. The lowest BCUT2D eigenvalue weighted by Gasteiger charge is -2.24. The number of rotatable bonds is 4. The number of anilines is 2. The SMILES string of the molecule is CCCN(c1nc(Cl)ccc1N)C1CC1. The molecule has 0 atom stereocenters. The molecule has 1 aliphatic carbocycles. The minimum atomic E-state index is 0.515. The number of hydrogen-bond acceptors (Lipinski definition) is 3. The Bertz CT molecular complexity index is 350. The Morgan fingerprint density at radius 2 is 2.27 bits per heavy atom. The van der Waals surface area contributed by atoms with Gasteiger partial charge in [-0.25, -0.2) is 4.98 Å². The molecule has 1 aromatic rings. The third-order valence-corrected chi connectivity index (χ3v) is 2.81. The van der Waals surface area contributed by atoms with E-state index >= 15 is 0 Å². The quantitative estimate of drug-likeness (QED) is 0.802. The third kappa shape index (κ3) is 2.34. The minimum absolute atomic E-state index is 0.515. The fraction of sp³-hybridized carbons (Fsp3) is 0.545. The van der Waals surface area contributed by atoms with Gasteiger partial charge in [0, 0.05) is 12.6 Å². The van der Waals surface area contributed by atoms with Crippen molar-refractivity contribution in [1.82, 2.24) is 4.98 Å². The lowest BCUT2D eigenvalue weighted by atomic mass is 10.3. The summed E-state index contributed by atoms with van der Waals surface area (Å²) in [6, 6.07) is 4.19. The maximum Gasteiger partial charge on any atom is 0.153 e. The second-order valence-electron chi connectivity index (χ2n) is 3.97. The van der Waals surface area contributed by atoms with Gasteiger partial charge in [-0.2, -0.15) is 0 Å². The number of pyridine rings is 1. The summed E-state index contributed by atoms with van der Waals surface area (Å²) in [7, 11) is 0. The molecule has 1 saturated carbocycles. The lowest BCUT2D eigenvalue weighted by molar-refractivity contribution is 0.752. The Hall–Kier alpha value is -0.960. The molecule has 15 heavy (non-hydrogen) atoms. The predicted molar refractivity (Wildman–Crippen MR) is 64.3 cm³/mol. The van der Waals surface area contributed by atoms with Gasteiger partial charge in [0.25, 0.3) is 0 Å². The van der Waals surface area contributed by atoms with Gasteiger partial charge in [-0.15, -0.1) is 0 Å². The molecule has 4 heteroatoms. The van der Waals surface area contributed by atoms with Gasteiger partial charge in [-0.1, -0.05) is 18.5 Å². The first-order valence-corrected chi connectivity index (χ1v) is 5.79. The van der Waals surface area contributed by atoms with E-state index in [2.05, 4.69) is 16.8 Å². The van der Waals surface area contributed by atoms with Gasteiger partial charge in [0.1, 0.15) is 5.15 Å². The predicted octanol–water partition coefficient (Wildman–Crippen LogP) is 2.70. The van der Waals surface area contributed by atoms with Crippen LogP contribution in [-0.2, 0) is 0 Å². The molecule has 0 unspecified atom stereocenters. The smallest absolute Gasteiger partial charge is 0.153 e. The Balaban J connectivity index is 2.27. The molecular formula is C11H16ClN3. The molecule has 3 nitrogen and oxygen atoms in total. The van der Waals surface area contributed by atoms with E-state index in [1.165, 1.54) is 12.8 Å². The van der Waals surface area contributed by atoms with Crippen LogP contribution < -0.4 is 10.6 Å². The average Bonchev–Trinajstić information content (AvgIpc) is 3.02. The van der Waals surface area contributed by atoms with Gasteiger partial charge in [-0.3, -0.25) is 0 Å². The Kier molecular flexibility index (Phi) is 3.00. The number of aromatic nitrogens is 1. The molecule has 0 bridgehead atoms. The monoisotopic (exact) mass is 225 g/mol. The van der Waals surface area contributed by atoms with Gasteiger partial charge in [0.15, 0.2) is 5.82 Å². The van der Waals surface area contributed by atoms with Gasteiger partial charge in [0.05, 0.1) is 5.69 Å². The number of nitrogens with zero attached hydrogens (tertiary/aromatic N) is 2. The molecule has 0 aliphatic heterocycles. The van der Waals surface area contributed by atoms with Crippen molar-refractivity contribution in [3.63, 3.8) is 0 Å². The first-order chi connectivity index (χ1) is 7.22. The standard InChI is InChI=1S/C11H16ClN3/c1-2-7-15(8-3-4-8)11-9(13)5-6-10(12)14-11/h5-6,8H,2-4,7,13H2,1H3. The molecule has 1 fully saturated rings. The van der Waals surface area contributed by atoms with Gasteiger partial charge >= 0.3 is 0 Å². The van der Waals surface area contributed by atoms with Gasteiger partial charge < -0.3 is 10.6 Å². The molecule has 0 spiro atoms. The molecule has 0 aromatic carbocycles. The molecule has 0 radical (unpaired) electrons. The number of nitrogens with two attached hydrogens (primary N) is 1. The second kappa shape index (κ2) is 4.27. The maximum atomic E-state index is 5.92. The third-order valence-electron chi connectivity index (χ3n) is 2.60. The molecule has 82 valence electrons. The van der Waals surface area contributed by atoms with E-state index in [1.54, 1.807) is 6.07 Å². The van der Waals surface area contributed by atoms with Crippen LogP contribution in [0, 0.1) is 0 Å². The van der Waals surface area contributed by atoms with Crippen LogP contribution >= 0.6 is 11.6 Å². The summed E-state index contributed by atoms with van der Waals surface area (Å²) in [5.74, 6) is 0.854. The maximum absolute atomic E-state index is 5.92. The lowest BCUT2D eigenvalue weighted by Crippen LogP contribution is -2.28. The van der Waals surface area contributed by atoms with Crippen LogP contribution in [0.2, 0.25) is 5.15 Å². The first kappa shape index (κ1) is 10.6. The van der Waals surface area contributed by atoms with Crippen molar-refractivity contribution >= 4 is 23.1 Å². The second-order valence-corrected chi connectivity index (χ2v) is 4.36. The molecule has 0 saturated heterocycles. The molecular weight excluding hydrogens is 210 g/mol. The fourth-order valence-corrected chi connectivity index (χ4v) is 1.90. The van der Waals surface area contributed by atoms with E-state index in [9.17, 15) is 0 Å². The van der Waals surface area contributed by atoms with Crippen molar-refractivity contribution in [2.45, 2.75) is 32.2 Å². The van der Waals surface area contributed by atoms with Crippen LogP contribution in [0.15, 0.2) is 12.1 Å². The van der Waals surface area contributed by atoms with Crippen molar-refractivity contribution in [3.05, 3.63) is 17.3 Å². The Morgan fingerprint density at radius 1 is 1.53 bits per heavy atom. The molecule has 1 aromatic heterocycles. The highest BCUT2D eigenvalue weighted by molar-refractivity contribution is 6.29. The average molecular weight is 226 g/mol. The zero-order chi connectivity index (χ0) is 10.8. The van der Waals surface area contributed by atoms with Crippen molar-refractivity contribution < 1.29 is 0 Å². The molecule has 2 rings (SSSR count). The van der Waals surface area contributed by atoms with E-state index < -0.39 is 0 Å². The van der Waals surface area contributed by atoms with E-state index in [4.69, 9.17) is 17.3 Å². The van der Waals surface area contributed by atoms with Crippen LogP contribution in [0.5, 0.6) is 0 Å². The van der Waals surface area contributed by atoms with Gasteiger partial charge in [0.2, 0.25) is 0 Å². The first-order valence-electron chi connectivity index (χ1n) is 5.41.